The van der Waals surface area contributed by atoms with Crippen LogP contribution < -0.4 is 5.32 Å². The number of benzene rings is 1. The molecule has 0 radical (unpaired) electrons. The average Bonchev–Trinajstić information content (AvgIpc) is 3.12. The van der Waals surface area contributed by atoms with Crippen LogP contribution in [0.3, 0.4) is 0 Å². The first-order chi connectivity index (χ1) is 13.5. The molecular weight excluding hydrogens is 404 g/mol. The van der Waals surface area contributed by atoms with Gasteiger partial charge in [0.25, 0.3) is 0 Å². The van der Waals surface area contributed by atoms with Gasteiger partial charge in [-0.25, -0.2) is 9.78 Å². The maximum Gasteiger partial charge on any atom is 0.408 e. The molecule has 2 aromatic rings. The van der Waals surface area contributed by atoms with E-state index in [4.69, 9.17) is 13.9 Å². The minimum atomic E-state index is -1.92. The Hall–Kier alpha value is -1.74. The fraction of sp³-hybridized carbons (Fsp3) is 0.524. The Morgan fingerprint density at radius 3 is 2.45 bits per heavy atom. The Bertz CT molecular complexity index is 742. The van der Waals surface area contributed by atoms with Crippen LogP contribution in [0.15, 0.2) is 41.9 Å². The van der Waals surface area contributed by atoms with Crippen molar-refractivity contribution in [1.82, 2.24) is 10.3 Å². The van der Waals surface area contributed by atoms with Crippen LogP contribution in [-0.4, -0.2) is 37.6 Å². The van der Waals surface area contributed by atoms with Crippen molar-refractivity contribution < 1.29 is 18.7 Å². The van der Waals surface area contributed by atoms with Crippen LogP contribution in [0.5, 0.6) is 0 Å². The number of nitrogens with zero attached hydrogens (tertiary/aromatic N) is 1. The fourth-order valence-electron chi connectivity index (χ4n) is 2.60. The smallest absolute Gasteiger partial charge is 0.408 e. The molecule has 0 unspecified atom stereocenters. The fourth-order valence-corrected chi connectivity index (χ4v) is 4.45. The van der Waals surface area contributed by atoms with E-state index in [9.17, 15) is 4.79 Å². The molecule has 1 amide bonds. The third kappa shape index (κ3) is 9.08. The lowest BCUT2D eigenvalue weighted by atomic mass is 10.1. The predicted molar refractivity (Wildman–Crippen MR) is 119 cm³/mol. The van der Waals surface area contributed by atoms with Crippen LogP contribution in [0.1, 0.15) is 37.4 Å². The normalized spacial score (nSPS) is 14.3. The first-order valence-electron chi connectivity index (χ1n) is 9.72. The van der Waals surface area contributed by atoms with Gasteiger partial charge in [0, 0.05) is 11.6 Å². The van der Waals surface area contributed by atoms with Crippen LogP contribution in [0.2, 0.25) is 19.6 Å². The number of hydrogen-bond donors (Lipinski definition) is 1. The van der Waals surface area contributed by atoms with Crippen molar-refractivity contribution in [3.05, 3.63) is 52.5 Å². The summed E-state index contributed by atoms with van der Waals surface area (Å²) < 4.78 is 17.8. The van der Waals surface area contributed by atoms with Crippen LogP contribution in [0, 0.1) is 0 Å². The summed E-state index contributed by atoms with van der Waals surface area (Å²) in [5.41, 5.74) is 0.482. The van der Waals surface area contributed by atoms with E-state index in [-0.39, 0.29) is 6.61 Å². The number of ether oxygens (including phenoxy) is 2. The molecule has 1 N–H and O–H groups in total. The van der Waals surface area contributed by atoms with E-state index in [0.717, 1.165) is 10.6 Å². The van der Waals surface area contributed by atoms with Crippen molar-refractivity contribution in [2.75, 3.05) is 6.61 Å². The van der Waals surface area contributed by atoms with Gasteiger partial charge in [-0.15, -0.1) is 11.3 Å². The molecule has 0 saturated carbocycles. The molecule has 0 aliphatic heterocycles. The largest absolute Gasteiger partial charge is 0.444 e. The minimum absolute atomic E-state index is 0.281. The van der Waals surface area contributed by atoms with E-state index < -0.39 is 32.2 Å². The van der Waals surface area contributed by atoms with Crippen molar-refractivity contribution in [2.24, 2.45) is 0 Å². The first kappa shape index (κ1) is 23.5. The predicted octanol–water partition coefficient (Wildman–Crippen LogP) is 5.15. The molecule has 0 spiro atoms. The lowest BCUT2D eigenvalue weighted by Gasteiger charge is -2.32. The highest BCUT2D eigenvalue weighted by molar-refractivity contribution is 7.09. The van der Waals surface area contributed by atoms with Crippen LogP contribution >= 0.6 is 11.3 Å². The second-order valence-corrected chi connectivity index (χ2v) is 14.2. The molecule has 1 aromatic heterocycles. The van der Waals surface area contributed by atoms with Crippen molar-refractivity contribution in [1.29, 1.82) is 0 Å². The Morgan fingerprint density at radius 1 is 1.21 bits per heavy atom. The van der Waals surface area contributed by atoms with Gasteiger partial charge in [0.1, 0.15) is 16.7 Å². The number of alkyl carbamates (subject to hydrolysis) is 1. The van der Waals surface area contributed by atoms with Gasteiger partial charge >= 0.3 is 6.09 Å². The molecule has 29 heavy (non-hydrogen) atoms. The van der Waals surface area contributed by atoms with Crippen LogP contribution in [0.25, 0.3) is 0 Å². The molecule has 2 atom stereocenters. The number of rotatable bonds is 9. The number of hydrogen-bond acceptors (Lipinski definition) is 6. The average molecular weight is 437 g/mol. The molecule has 0 aliphatic carbocycles. The highest BCUT2D eigenvalue weighted by Gasteiger charge is 2.33. The second-order valence-electron chi connectivity index (χ2n) is 8.77. The van der Waals surface area contributed by atoms with Gasteiger partial charge in [0.05, 0.1) is 19.3 Å². The van der Waals surface area contributed by atoms with E-state index in [1.807, 2.05) is 56.5 Å². The van der Waals surface area contributed by atoms with Crippen molar-refractivity contribution in [2.45, 2.75) is 64.8 Å². The topological polar surface area (TPSA) is 69.7 Å². The third-order valence-corrected chi connectivity index (χ3v) is 5.45. The molecule has 1 aromatic carbocycles. The number of nitrogens with one attached hydrogen (secondary N) is 1. The molecule has 8 heteroatoms. The zero-order valence-corrected chi connectivity index (χ0v) is 19.9. The number of amides is 1. The van der Waals surface area contributed by atoms with Gasteiger partial charge in [0.2, 0.25) is 0 Å². The Morgan fingerprint density at radius 2 is 1.90 bits per heavy atom. The molecule has 6 nitrogen and oxygen atoms in total. The van der Waals surface area contributed by atoms with Gasteiger partial charge in [-0.1, -0.05) is 30.3 Å². The summed E-state index contributed by atoms with van der Waals surface area (Å²) in [4.78, 5) is 16.9. The van der Waals surface area contributed by atoms with Crippen molar-refractivity contribution in [3.8, 4) is 0 Å². The Balaban J connectivity index is 2.16. The Labute approximate surface area is 178 Å². The van der Waals surface area contributed by atoms with Crippen molar-refractivity contribution >= 4 is 25.7 Å². The second kappa shape index (κ2) is 10.3. The lowest BCUT2D eigenvalue weighted by Crippen LogP contribution is -2.47. The maximum absolute atomic E-state index is 12.5. The van der Waals surface area contributed by atoms with E-state index >= 15 is 0 Å². The van der Waals surface area contributed by atoms with E-state index in [0.29, 0.717) is 6.61 Å². The first-order valence-corrected chi connectivity index (χ1v) is 14.0. The van der Waals surface area contributed by atoms with E-state index in [1.54, 1.807) is 6.20 Å². The summed E-state index contributed by atoms with van der Waals surface area (Å²) in [7, 11) is -1.92. The highest BCUT2D eigenvalue weighted by atomic mass is 32.1. The zero-order valence-electron chi connectivity index (χ0n) is 18.1. The van der Waals surface area contributed by atoms with Crippen LogP contribution in [-0.2, 0) is 20.5 Å². The van der Waals surface area contributed by atoms with Gasteiger partial charge in [-0.05, 0) is 46.0 Å². The third-order valence-electron chi connectivity index (χ3n) is 3.65. The molecule has 0 fully saturated rings. The van der Waals surface area contributed by atoms with E-state index in [2.05, 4.69) is 29.9 Å². The number of aromatic nitrogens is 1. The monoisotopic (exact) mass is 436 g/mol. The summed E-state index contributed by atoms with van der Waals surface area (Å²) in [5.74, 6) is 0. The standard InChI is InChI=1S/C21H32N2O4SSi/c1-21(2,3)26-20(24)23-17(15-25-14-16-10-8-7-9-11-16)18(27-29(4,5)6)19-22-12-13-28-19/h7-13,17-18H,14-15H2,1-6H3,(H,23,24)/t17-,18-/m0/s1. The zero-order chi connectivity index (χ0) is 21.5. The van der Waals surface area contributed by atoms with Gasteiger partial charge in [-0.3, -0.25) is 0 Å². The highest BCUT2D eigenvalue weighted by Crippen LogP contribution is 2.28. The maximum atomic E-state index is 12.5. The van der Waals surface area contributed by atoms with Gasteiger partial charge in [-0.2, -0.15) is 0 Å². The number of thiazole rings is 1. The lowest BCUT2D eigenvalue weighted by molar-refractivity contribution is 0.0231. The van der Waals surface area contributed by atoms with E-state index in [1.165, 1.54) is 11.3 Å². The SMILES string of the molecule is CC(C)(C)OC(=O)N[C@@H](COCc1ccccc1)[C@H](O[Si](C)(C)C)c1nccs1. The number of carbonyl (C=O) groups excluding carboxylic acids is 1. The molecule has 1 heterocycles. The summed E-state index contributed by atoms with van der Waals surface area (Å²) in [6, 6.07) is 9.51. The molecule has 160 valence electrons. The van der Waals surface area contributed by atoms with Gasteiger partial charge in [0.15, 0.2) is 8.32 Å². The summed E-state index contributed by atoms with van der Waals surface area (Å²) in [5, 5.41) is 5.67. The minimum Gasteiger partial charge on any atom is -0.444 e. The van der Waals surface area contributed by atoms with Gasteiger partial charge < -0.3 is 19.2 Å². The summed E-state index contributed by atoms with van der Waals surface area (Å²) in [6.45, 7) is 12.6. The molecular formula is C21H32N2O4SSi. The molecule has 0 aliphatic rings. The quantitative estimate of drug-likeness (QED) is 0.551. The Kier molecular flexibility index (Phi) is 8.39. The molecule has 0 saturated heterocycles. The molecule has 2 rings (SSSR count). The number of carbonyl (C=O) groups is 1. The summed E-state index contributed by atoms with van der Waals surface area (Å²) in [6.07, 6.45) is 0.854. The summed E-state index contributed by atoms with van der Waals surface area (Å²) >= 11 is 1.51. The van der Waals surface area contributed by atoms with Crippen molar-refractivity contribution in [3.63, 3.8) is 0 Å². The molecule has 0 bridgehead atoms. The van der Waals surface area contributed by atoms with Crippen LogP contribution in [0.4, 0.5) is 4.79 Å².